The summed E-state index contributed by atoms with van der Waals surface area (Å²) in [5.74, 6) is 1.45. The molecule has 1 aromatic heterocycles. The van der Waals surface area contributed by atoms with Crippen LogP contribution in [0.5, 0.6) is 17.4 Å². The second-order valence-corrected chi connectivity index (χ2v) is 6.92. The van der Waals surface area contributed by atoms with Crippen molar-refractivity contribution in [1.82, 2.24) is 4.98 Å². The van der Waals surface area contributed by atoms with Crippen LogP contribution in [0.2, 0.25) is 0 Å². The Morgan fingerprint density at radius 3 is 2.69 bits per heavy atom. The summed E-state index contributed by atoms with van der Waals surface area (Å²) in [6.45, 7) is 5.06. The molecule has 1 saturated heterocycles. The Balaban J connectivity index is 1.62. The van der Waals surface area contributed by atoms with Gasteiger partial charge in [-0.25, -0.2) is 4.98 Å². The van der Waals surface area contributed by atoms with Gasteiger partial charge < -0.3 is 29.8 Å². The molecule has 2 heterocycles. The summed E-state index contributed by atoms with van der Waals surface area (Å²) in [5, 5.41) is 10.4. The van der Waals surface area contributed by atoms with Crippen molar-refractivity contribution in [3.63, 3.8) is 0 Å². The average Bonchev–Trinajstić information content (AvgIpc) is 2.76. The van der Waals surface area contributed by atoms with E-state index in [4.69, 9.17) is 24.7 Å². The lowest BCUT2D eigenvalue weighted by molar-refractivity contribution is -0.102. The molecule has 7 heteroatoms. The molecule has 1 aromatic carbocycles. The molecule has 0 saturated carbocycles. The summed E-state index contributed by atoms with van der Waals surface area (Å²) in [5.41, 5.74) is 8.34. The van der Waals surface area contributed by atoms with Crippen LogP contribution in [-0.2, 0) is 28.7 Å². The first kappa shape index (κ1) is 21.4. The largest absolute Gasteiger partial charge is 0.507 e. The lowest BCUT2D eigenvalue weighted by Crippen LogP contribution is -2.33. The van der Waals surface area contributed by atoms with Crippen molar-refractivity contribution >= 4 is 0 Å². The number of aromatic hydroxyl groups is 1. The zero-order valence-corrected chi connectivity index (χ0v) is 16.9. The maximum absolute atomic E-state index is 10.4. The predicted octanol–water partition coefficient (Wildman–Crippen LogP) is 2.27. The van der Waals surface area contributed by atoms with Crippen molar-refractivity contribution in [2.24, 2.45) is 5.73 Å². The van der Waals surface area contributed by atoms with Crippen molar-refractivity contribution in [3.8, 4) is 17.4 Å². The number of nitrogens with zero attached hydrogens (tertiary/aromatic N) is 1. The molecule has 29 heavy (non-hydrogen) atoms. The third-order valence-electron chi connectivity index (χ3n) is 4.78. The molecule has 1 aliphatic heterocycles. The number of rotatable bonds is 10. The average molecular weight is 402 g/mol. The van der Waals surface area contributed by atoms with E-state index in [9.17, 15) is 5.11 Å². The van der Waals surface area contributed by atoms with Gasteiger partial charge in [-0.15, -0.1) is 0 Å². The molecule has 3 N–H and O–H groups in total. The summed E-state index contributed by atoms with van der Waals surface area (Å²) in [6.07, 6.45) is 2.11. The first-order valence-corrected chi connectivity index (χ1v) is 10.1. The lowest BCUT2D eigenvalue weighted by Gasteiger charge is -2.23. The highest BCUT2D eigenvalue weighted by Crippen LogP contribution is 2.27. The number of nitrogens with two attached hydrogens (primary N) is 1. The fourth-order valence-corrected chi connectivity index (χ4v) is 3.25. The van der Waals surface area contributed by atoms with Gasteiger partial charge >= 0.3 is 0 Å². The first-order valence-electron chi connectivity index (χ1n) is 10.1. The molecule has 0 aliphatic carbocycles. The fourth-order valence-electron chi connectivity index (χ4n) is 3.25. The molecular weight excluding hydrogens is 372 g/mol. The van der Waals surface area contributed by atoms with E-state index in [-0.39, 0.29) is 11.9 Å². The smallest absolute Gasteiger partial charge is 0.217 e. The van der Waals surface area contributed by atoms with Crippen LogP contribution in [0.25, 0.3) is 0 Å². The van der Waals surface area contributed by atoms with E-state index in [2.05, 4.69) is 4.98 Å². The van der Waals surface area contributed by atoms with Crippen LogP contribution >= 0.6 is 0 Å². The Morgan fingerprint density at radius 1 is 1.17 bits per heavy atom. The number of hydrogen-bond acceptors (Lipinski definition) is 7. The van der Waals surface area contributed by atoms with Gasteiger partial charge in [0, 0.05) is 18.2 Å². The number of pyridine rings is 1. The van der Waals surface area contributed by atoms with E-state index in [1.54, 1.807) is 6.07 Å². The zero-order chi connectivity index (χ0) is 20.5. The van der Waals surface area contributed by atoms with Crippen molar-refractivity contribution in [1.29, 1.82) is 0 Å². The monoisotopic (exact) mass is 402 g/mol. The molecular formula is C22H30N2O5. The molecule has 1 fully saturated rings. The van der Waals surface area contributed by atoms with Gasteiger partial charge in [-0.1, -0.05) is 19.1 Å². The topological polar surface area (TPSA) is 96.1 Å². The number of ether oxygens (including phenoxy) is 4. The molecule has 0 amide bonds. The van der Waals surface area contributed by atoms with Crippen LogP contribution in [0.4, 0.5) is 0 Å². The second kappa shape index (κ2) is 11.0. The number of aryl methyl sites for hydroxylation is 2. The van der Waals surface area contributed by atoms with Crippen molar-refractivity contribution < 1.29 is 24.1 Å². The minimum absolute atomic E-state index is 0.109. The molecule has 0 radical (unpaired) electrons. The Morgan fingerprint density at radius 2 is 2.00 bits per heavy atom. The summed E-state index contributed by atoms with van der Waals surface area (Å²) in [6, 6.07) is 9.55. The van der Waals surface area contributed by atoms with E-state index < -0.39 is 0 Å². The van der Waals surface area contributed by atoms with Crippen molar-refractivity contribution in [2.45, 2.75) is 32.3 Å². The van der Waals surface area contributed by atoms with Gasteiger partial charge in [0.05, 0.1) is 25.5 Å². The van der Waals surface area contributed by atoms with Gasteiger partial charge in [0.15, 0.2) is 0 Å². The molecule has 0 bridgehead atoms. The highest BCUT2D eigenvalue weighted by atomic mass is 16.6. The Kier molecular flexibility index (Phi) is 8.10. The molecule has 158 valence electrons. The van der Waals surface area contributed by atoms with Gasteiger partial charge in [-0.05, 0) is 37.0 Å². The van der Waals surface area contributed by atoms with Crippen molar-refractivity contribution in [3.05, 3.63) is 47.2 Å². The maximum atomic E-state index is 10.4. The van der Waals surface area contributed by atoms with Gasteiger partial charge in [0.25, 0.3) is 0 Å². The third-order valence-corrected chi connectivity index (χ3v) is 4.78. The second-order valence-electron chi connectivity index (χ2n) is 6.92. The van der Waals surface area contributed by atoms with E-state index in [0.29, 0.717) is 58.3 Å². The number of aromatic nitrogens is 1. The number of hydrogen-bond donors (Lipinski definition) is 2. The molecule has 1 atom stereocenters. The van der Waals surface area contributed by atoms with Gasteiger partial charge in [-0.2, -0.15) is 0 Å². The molecule has 1 aliphatic rings. The van der Waals surface area contributed by atoms with Crippen molar-refractivity contribution in [2.75, 3.05) is 39.6 Å². The molecule has 7 nitrogen and oxygen atoms in total. The molecule has 0 spiro atoms. The van der Waals surface area contributed by atoms with Crippen LogP contribution in [-0.4, -0.2) is 55.8 Å². The standard InChI is InChI=1S/C22H30N2O5/c1-2-19-20(8-5-16-3-6-17(7-4-16)27-10-9-23)24-22(13-21(19)25)29-15-18-14-26-11-12-28-18/h3-4,6-7,13,18H,2,5,8-12,14-15,23H2,1H3,(H,24,25). The maximum Gasteiger partial charge on any atom is 0.217 e. The van der Waals surface area contributed by atoms with E-state index in [1.807, 2.05) is 31.2 Å². The van der Waals surface area contributed by atoms with Crippen LogP contribution in [0.3, 0.4) is 0 Å². The van der Waals surface area contributed by atoms with Crippen LogP contribution < -0.4 is 15.2 Å². The van der Waals surface area contributed by atoms with Gasteiger partial charge in [0.2, 0.25) is 5.88 Å². The van der Waals surface area contributed by atoms with Crippen LogP contribution in [0.15, 0.2) is 30.3 Å². The Labute approximate surface area is 171 Å². The minimum atomic E-state index is -0.109. The van der Waals surface area contributed by atoms with Crippen LogP contribution in [0, 0.1) is 0 Å². The lowest BCUT2D eigenvalue weighted by atomic mass is 10.0. The highest BCUT2D eigenvalue weighted by molar-refractivity contribution is 5.40. The predicted molar refractivity (Wildman–Crippen MR) is 110 cm³/mol. The van der Waals surface area contributed by atoms with E-state index >= 15 is 0 Å². The normalized spacial score (nSPS) is 16.6. The van der Waals surface area contributed by atoms with E-state index in [1.165, 1.54) is 5.56 Å². The van der Waals surface area contributed by atoms with E-state index in [0.717, 1.165) is 23.4 Å². The third kappa shape index (κ3) is 6.32. The van der Waals surface area contributed by atoms with Crippen LogP contribution in [0.1, 0.15) is 23.7 Å². The molecule has 1 unspecified atom stereocenters. The fraction of sp³-hybridized carbons (Fsp3) is 0.500. The zero-order valence-electron chi connectivity index (χ0n) is 16.9. The SMILES string of the molecule is CCc1c(O)cc(OCC2COCCO2)nc1CCc1ccc(OCCN)cc1. The summed E-state index contributed by atoms with van der Waals surface area (Å²) in [4.78, 5) is 4.64. The minimum Gasteiger partial charge on any atom is -0.507 e. The highest BCUT2D eigenvalue weighted by Gasteiger charge is 2.17. The molecule has 3 rings (SSSR count). The van der Waals surface area contributed by atoms with Gasteiger partial charge in [-0.3, -0.25) is 0 Å². The quantitative estimate of drug-likeness (QED) is 0.629. The van der Waals surface area contributed by atoms with Gasteiger partial charge in [0.1, 0.15) is 30.8 Å². The molecule has 2 aromatic rings. The summed E-state index contributed by atoms with van der Waals surface area (Å²) in [7, 11) is 0. The summed E-state index contributed by atoms with van der Waals surface area (Å²) >= 11 is 0. The Hall–Kier alpha value is -2.35. The first-order chi connectivity index (χ1) is 14.2. The Bertz CT molecular complexity index is 761. The summed E-state index contributed by atoms with van der Waals surface area (Å²) < 4.78 is 22.2. The number of benzene rings is 1.